The monoisotopic (exact) mass is 285 g/mol. The first kappa shape index (κ1) is 12.8. The molecule has 0 aliphatic rings. The van der Waals surface area contributed by atoms with Crippen molar-refractivity contribution in [3.63, 3.8) is 0 Å². The molecule has 4 aromatic rings. The smallest absolute Gasteiger partial charge is 0.165 e. The predicted molar refractivity (Wildman–Crippen MR) is 89.0 cm³/mol. The summed E-state index contributed by atoms with van der Waals surface area (Å²) in [6, 6.07) is 22.6. The fraction of sp³-hybridized carbons (Fsp3) is 0.0526. The topological polar surface area (TPSA) is 30.7 Å². The van der Waals surface area contributed by atoms with Crippen molar-refractivity contribution in [2.75, 3.05) is 0 Å². The molecule has 0 bridgehead atoms. The lowest BCUT2D eigenvalue weighted by molar-refractivity contribution is 0.987. The van der Waals surface area contributed by atoms with Crippen LogP contribution in [0.25, 0.3) is 28.0 Å². The zero-order valence-electron chi connectivity index (χ0n) is 12.3. The van der Waals surface area contributed by atoms with E-state index in [1.54, 1.807) is 0 Å². The molecule has 0 aliphatic carbocycles. The molecule has 0 amide bonds. The van der Waals surface area contributed by atoms with E-state index in [2.05, 4.69) is 33.8 Å². The van der Waals surface area contributed by atoms with Crippen molar-refractivity contribution in [2.24, 2.45) is 0 Å². The molecular weight excluding hydrogens is 270 g/mol. The highest BCUT2D eigenvalue weighted by atomic mass is 15.1. The van der Waals surface area contributed by atoms with Crippen LogP contribution >= 0.6 is 0 Å². The highest BCUT2D eigenvalue weighted by molar-refractivity contribution is 5.90. The summed E-state index contributed by atoms with van der Waals surface area (Å²) < 4.78 is 2.10. The maximum Gasteiger partial charge on any atom is 0.165 e. The Bertz CT molecular complexity index is 925. The average molecular weight is 285 g/mol. The highest BCUT2D eigenvalue weighted by Gasteiger charge is 2.14. The highest BCUT2D eigenvalue weighted by Crippen LogP contribution is 2.28. The van der Waals surface area contributed by atoms with Crippen LogP contribution in [0.1, 0.15) is 5.82 Å². The van der Waals surface area contributed by atoms with E-state index in [1.807, 2.05) is 55.6 Å². The van der Waals surface area contributed by atoms with Gasteiger partial charge in [-0.15, -0.1) is 0 Å². The van der Waals surface area contributed by atoms with Crippen molar-refractivity contribution in [1.29, 1.82) is 0 Å². The fourth-order valence-electron chi connectivity index (χ4n) is 2.82. The van der Waals surface area contributed by atoms with Crippen molar-refractivity contribution in [2.45, 2.75) is 6.92 Å². The maximum absolute atomic E-state index is 4.77. The number of imidazole rings is 1. The van der Waals surface area contributed by atoms with Gasteiger partial charge in [0, 0.05) is 17.4 Å². The lowest BCUT2D eigenvalue weighted by Gasteiger charge is -2.06. The largest absolute Gasteiger partial charge is 0.281 e. The summed E-state index contributed by atoms with van der Waals surface area (Å²) in [6.07, 6.45) is 1.85. The number of hydrogen-bond acceptors (Lipinski definition) is 2. The summed E-state index contributed by atoms with van der Waals surface area (Å²) in [5, 5.41) is 0. The van der Waals surface area contributed by atoms with Crippen LogP contribution in [0.2, 0.25) is 0 Å². The molecule has 106 valence electrons. The Balaban J connectivity index is 2.01. The molecule has 3 nitrogen and oxygen atoms in total. The van der Waals surface area contributed by atoms with Gasteiger partial charge in [0.25, 0.3) is 0 Å². The molecule has 22 heavy (non-hydrogen) atoms. The molecule has 2 heterocycles. The van der Waals surface area contributed by atoms with Crippen LogP contribution in [-0.4, -0.2) is 14.5 Å². The number of fused-ring (bicyclic) bond motifs is 1. The molecule has 2 aromatic heterocycles. The van der Waals surface area contributed by atoms with Crippen molar-refractivity contribution in [1.82, 2.24) is 14.5 Å². The summed E-state index contributed by atoms with van der Waals surface area (Å²) in [7, 11) is 0. The molecule has 0 saturated carbocycles. The Hall–Kier alpha value is -2.94. The molecule has 3 heteroatoms. The number of hydrogen-bond donors (Lipinski definition) is 0. The van der Waals surface area contributed by atoms with E-state index in [4.69, 9.17) is 4.98 Å². The Morgan fingerprint density at radius 2 is 1.50 bits per heavy atom. The maximum atomic E-state index is 4.77. The molecule has 0 spiro atoms. The zero-order chi connectivity index (χ0) is 14.9. The van der Waals surface area contributed by atoms with Crippen LogP contribution in [0.5, 0.6) is 0 Å². The van der Waals surface area contributed by atoms with E-state index < -0.39 is 0 Å². The van der Waals surface area contributed by atoms with E-state index in [9.17, 15) is 0 Å². The first-order valence-electron chi connectivity index (χ1n) is 7.29. The number of pyridine rings is 1. The average Bonchev–Trinajstić information content (AvgIpc) is 2.92. The van der Waals surface area contributed by atoms with E-state index in [1.165, 1.54) is 0 Å². The molecule has 0 radical (unpaired) electrons. The van der Waals surface area contributed by atoms with Crippen molar-refractivity contribution in [3.05, 3.63) is 78.8 Å². The number of aryl methyl sites for hydroxylation is 1. The van der Waals surface area contributed by atoms with Gasteiger partial charge in [0.2, 0.25) is 0 Å². The lowest BCUT2D eigenvalue weighted by atomic mass is 10.1. The van der Waals surface area contributed by atoms with Gasteiger partial charge >= 0.3 is 0 Å². The standard InChI is InChI=1S/C19H15N3/c1-14-21-18-17(15-8-4-2-5-9-15)12-13-20-19(18)22(14)16-10-6-3-7-11-16/h2-13H,1H3. The second-order valence-corrected chi connectivity index (χ2v) is 5.23. The van der Waals surface area contributed by atoms with Gasteiger partial charge in [0.1, 0.15) is 11.3 Å². The van der Waals surface area contributed by atoms with Crippen LogP contribution < -0.4 is 0 Å². The Kier molecular flexibility index (Phi) is 2.97. The van der Waals surface area contributed by atoms with Gasteiger partial charge in [-0.1, -0.05) is 48.5 Å². The minimum absolute atomic E-state index is 0.894. The van der Waals surface area contributed by atoms with Crippen LogP contribution in [0.3, 0.4) is 0 Å². The second-order valence-electron chi connectivity index (χ2n) is 5.23. The van der Waals surface area contributed by atoms with E-state index in [0.717, 1.165) is 33.8 Å². The van der Waals surface area contributed by atoms with Gasteiger partial charge in [0.05, 0.1) is 0 Å². The minimum Gasteiger partial charge on any atom is -0.281 e. The van der Waals surface area contributed by atoms with Crippen molar-refractivity contribution >= 4 is 11.2 Å². The molecule has 0 unspecified atom stereocenters. The lowest BCUT2D eigenvalue weighted by Crippen LogP contribution is -1.97. The quantitative estimate of drug-likeness (QED) is 0.546. The van der Waals surface area contributed by atoms with Crippen LogP contribution in [0.4, 0.5) is 0 Å². The number of aromatic nitrogens is 3. The van der Waals surface area contributed by atoms with Gasteiger partial charge in [-0.3, -0.25) is 4.57 Å². The van der Waals surface area contributed by atoms with Crippen LogP contribution in [0, 0.1) is 6.92 Å². The van der Waals surface area contributed by atoms with Gasteiger partial charge in [0.15, 0.2) is 5.65 Å². The van der Waals surface area contributed by atoms with Crippen molar-refractivity contribution < 1.29 is 0 Å². The normalized spacial score (nSPS) is 11.0. The Morgan fingerprint density at radius 1 is 0.818 bits per heavy atom. The van der Waals surface area contributed by atoms with Gasteiger partial charge < -0.3 is 0 Å². The number of rotatable bonds is 2. The molecule has 4 rings (SSSR count). The first-order valence-corrected chi connectivity index (χ1v) is 7.29. The van der Waals surface area contributed by atoms with Gasteiger partial charge in [-0.2, -0.15) is 0 Å². The SMILES string of the molecule is Cc1nc2c(-c3ccccc3)ccnc2n1-c1ccccc1. The van der Waals surface area contributed by atoms with Gasteiger partial charge in [-0.25, -0.2) is 9.97 Å². The third kappa shape index (κ3) is 1.99. The van der Waals surface area contributed by atoms with Crippen LogP contribution in [0.15, 0.2) is 72.9 Å². The summed E-state index contributed by atoms with van der Waals surface area (Å²) >= 11 is 0. The van der Waals surface area contributed by atoms with E-state index in [-0.39, 0.29) is 0 Å². The van der Waals surface area contributed by atoms with E-state index in [0.29, 0.717) is 0 Å². The Labute approximate surface area is 128 Å². The number of para-hydroxylation sites is 1. The van der Waals surface area contributed by atoms with Crippen molar-refractivity contribution in [3.8, 4) is 16.8 Å². The number of benzene rings is 2. The Morgan fingerprint density at radius 3 is 2.23 bits per heavy atom. The summed E-state index contributed by atoms with van der Waals surface area (Å²) in [5.74, 6) is 0.942. The third-order valence-corrected chi connectivity index (χ3v) is 3.81. The fourth-order valence-corrected chi connectivity index (χ4v) is 2.82. The molecule has 0 atom stereocenters. The summed E-state index contributed by atoms with van der Waals surface area (Å²) in [6.45, 7) is 2.02. The predicted octanol–water partition coefficient (Wildman–Crippen LogP) is 4.40. The van der Waals surface area contributed by atoms with Gasteiger partial charge in [-0.05, 0) is 30.7 Å². The number of nitrogens with zero attached hydrogens (tertiary/aromatic N) is 3. The molecule has 0 fully saturated rings. The van der Waals surface area contributed by atoms with Crippen LogP contribution in [-0.2, 0) is 0 Å². The molecular formula is C19H15N3. The minimum atomic E-state index is 0.894. The molecule has 0 N–H and O–H groups in total. The third-order valence-electron chi connectivity index (χ3n) is 3.81. The van der Waals surface area contributed by atoms with E-state index >= 15 is 0 Å². The summed E-state index contributed by atoms with van der Waals surface area (Å²) in [5.41, 5.74) is 5.19. The zero-order valence-corrected chi connectivity index (χ0v) is 12.3. The first-order chi connectivity index (χ1) is 10.8. The summed E-state index contributed by atoms with van der Waals surface area (Å²) in [4.78, 5) is 9.33. The molecule has 0 saturated heterocycles. The molecule has 2 aromatic carbocycles. The second kappa shape index (κ2) is 5.11. The molecule has 0 aliphatic heterocycles.